The highest BCUT2D eigenvalue weighted by atomic mass is 19.4. The fourth-order valence-corrected chi connectivity index (χ4v) is 1.82. The van der Waals surface area contributed by atoms with Crippen molar-refractivity contribution in [1.82, 2.24) is 0 Å². The molecule has 2 atom stereocenters. The van der Waals surface area contributed by atoms with Crippen LogP contribution in [0.25, 0.3) is 0 Å². The Bertz CT molecular complexity index is 829. The lowest BCUT2D eigenvalue weighted by Crippen LogP contribution is -2.76. The highest BCUT2D eigenvalue weighted by Crippen LogP contribution is 2.64. The fraction of sp³-hybridized carbons (Fsp3) is 1.00. The highest BCUT2D eigenvalue weighted by molar-refractivity contribution is 5.11. The molecule has 0 rings (SSSR count). The Labute approximate surface area is 197 Å². The predicted molar refractivity (Wildman–Crippen MR) is 63.7 cm³/mol. The Morgan fingerprint density at radius 3 is 0.525 bits per heavy atom. The molecule has 0 saturated heterocycles. The lowest BCUT2D eigenvalue weighted by Gasteiger charge is -2.45. The molecule has 0 aliphatic heterocycles. The normalized spacial score (nSPS) is 19.4. The maximum atomic E-state index is 13.9. The minimum absolute atomic E-state index is 0.762. The number of alkyl halides is 26. The molecule has 2 nitrogen and oxygen atoms in total. The molecule has 0 aliphatic rings. The Hall–Kier alpha value is -1.90. The molecule has 2 unspecified atom stereocenters. The van der Waals surface area contributed by atoms with Gasteiger partial charge in [-0.3, -0.25) is 9.47 Å². The second-order valence-corrected chi connectivity index (χ2v) is 6.72. The van der Waals surface area contributed by atoms with Crippen molar-refractivity contribution in [3.8, 4) is 0 Å². The first-order chi connectivity index (χ1) is 16.7. The van der Waals surface area contributed by atoms with Crippen LogP contribution in [0, 0.1) is 0 Å². The van der Waals surface area contributed by atoms with Gasteiger partial charge < -0.3 is 0 Å². The van der Waals surface area contributed by atoms with Gasteiger partial charge in [-0.15, -0.1) is 0 Å². The first kappa shape index (κ1) is 38.1. The van der Waals surface area contributed by atoms with Crippen molar-refractivity contribution in [3.63, 3.8) is 0 Å². The van der Waals surface area contributed by atoms with Gasteiger partial charge in [0.15, 0.2) is 0 Å². The molecule has 0 spiro atoms. The lowest BCUT2D eigenvalue weighted by molar-refractivity contribution is -0.555. The molecule has 0 fully saturated rings. The van der Waals surface area contributed by atoms with E-state index in [1.165, 1.54) is 0 Å². The van der Waals surface area contributed by atoms with Crippen LogP contribution in [-0.2, 0) is 9.47 Å². The van der Waals surface area contributed by atoms with Crippen molar-refractivity contribution in [3.05, 3.63) is 0 Å². The first-order valence-corrected chi connectivity index (χ1v) is 7.98. The Morgan fingerprint density at radius 1 is 0.225 bits per heavy atom. The summed E-state index contributed by atoms with van der Waals surface area (Å²) < 4.78 is 335. The van der Waals surface area contributed by atoms with Gasteiger partial charge in [-0.1, -0.05) is 0 Å². The molecule has 0 heterocycles. The third kappa shape index (κ3) is 5.36. The first-order valence-electron chi connectivity index (χ1n) is 7.98. The molecule has 0 amide bonds. The number of rotatable bonds is 9. The molecule has 0 radical (unpaired) electrons. The van der Waals surface area contributed by atoms with E-state index < -0.39 is 72.3 Å². The van der Waals surface area contributed by atoms with Crippen LogP contribution in [0.15, 0.2) is 0 Å². The van der Waals surface area contributed by atoms with Gasteiger partial charge in [0.05, 0.1) is 0 Å². The predicted octanol–water partition coefficient (Wildman–Crippen LogP) is 8.33. The second-order valence-electron chi connectivity index (χ2n) is 6.72. The Morgan fingerprint density at radius 2 is 0.400 bits per heavy atom. The minimum Gasteiger partial charge on any atom is -0.264 e. The zero-order valence-electron chi connectivity index (χ0n) is 16.6. The van der Waals surface area contributed by atoms with E-state index in [4.69, 9.17) is 0 Å². The molecule has 28 heteroatoms. The molecule has 0 N–H and O–H groups in total. The zero-order chi connectivity index (χ0) is 33.4. The van der Waals surface area contributed by atoms with Crippen molar-refractivity contribution in [2.24, 2.45) is 0 Å². The summed E-state index contributed by atoms with van der Waals surface area (Å²) in [6.45, 7) is 0. The second kappa shape index (κ2) is 9.30. The maximum Gasteiger partial charge on any atom is 0.462 e. The van der Waals surface area contributed by atoms with Crippen molar-refractivity contribution in [2.45, 2.75) is 72.3 Å². The van der Waals surface area contributed by atoms with E-state index in [-0.39, 0.29) is 0 Å². The topological polar surface area (TPSA) is 18.5 Å². The largest absolute Gasteiger partial charge is 0.462 e. The van der Waals surface area contributed by atoms with Crippen LogP contribution in [0.4, 0.5) is 114 Å². The number of ether oxygens (including phenoxy) is 2. The van der Waals surface area contributed by atoms with E-state index in [0.717, 1.165) is 9.47 Å². The smallest absolute Gasteiger partial charge is 0.264 e. The molecule has 242 valence electrons. The van der Waals surface area contributed by atoms with E-state index in [9.17, 15) is 114 Å². The van der Waals surface area contributed by atoms with Crippen LogP contribution >= 0.6 is 0 Å². The van der Waals surface area contributed by atoms with Crippen LogP contribution in [0.1, 0.15) is 0 Å². The van der Waals surface area contributed by atoms with Crippen molar-refractivity contribution in [2.75, 3.05) is 0 Å². The molecule has 0 saturated carbocycles. The van der Waals surface area contributed by atoms with Crippen LogP contribution in [0.3, 0.4) is 0 Å². The summed E-state index contributed by atoms with van der Waals surface area (Å²) in [5.74, 6) is -54.3. The van der Waals surface area contributed by atoms with Gasteiger partial charge in [0, 0.05) is 0 Å². The van der Waals surface area contributed by atoms with Gasteiger partial charge in [-0.25, -0.2) is 0 Å². The van der Waals surface area contributed by atoms with E-state index in [1.807, 2.05) is 0 Å². The van der Waals surface area contributed by atoms with Gasteiger partial charge in [-0.05, 0) is 0 Å². The van der Waals surface area contributed by atoms with Crippen molar-refractivity contribution in [1.29, 1.82) is 0 Å². The summed E-state index contributed by atoms with van der Waals surface area (Å²) in [6.07, 6.45) is -50.7. The van der Waals surface area contributed by atoms with Gasteiger partial charge in [0.1, 0.15) is 0 Å². The summed E-state index contributed by atoms with van der Waals surface area (Å²) in [5.41, 5.74) is 0. The van der Waals surface area contributed by atoms with Crippen LogP contribution in [-0.4, -0.2) is 72.3 Å². The average molecular weight is 670 g/mol. The quantitative estimate of drug-likeness (QED) is 0.230. The van der Waals surface area contributed by atoms with E-state index >= 15 is 0 Å². The van der Waals surface area contributed by atoms with E-state index in [0.29, 0.717) is 0 Å². The van der Waals surface area contributed by atoms with Crippen molar-refractivity contribution < 1.29 is 124 Å². The van der Waals surface area contributed by atoms with E-state index in [2.05, 4.69) is 0 Å². The molecule has 40 heavy (non-hydrogen) atoms. The molecular formula is C12F26O2. The van der Waals surface area contributed by atoms with Gasteiger partial charge in [0.2, 0.25) is 0 Å². The summed E-state index contributed by atoms with van der Waals surface area (Å²) >= 11 is 0. The Kier molecular flexibility index (Phi) is 8.86. The van der Waals surface area contributed by atoms with Gasteiger partial charge in [0.25, 0.3) is 0 Å². The van der Waals surface area contributed by atoms with Gasteiger partial charge in [-0.2, -0.15) is 114 Å². The highest BCUT2D eigenvalue weighted by Gasteiger charge is 2.95. The molecule has 0 aromatic carbocycles. The fourth-order valence-electron chi connectivity index (χ4n) is 1.82. The van der Waals surface area contributed by atoms with Gasteiger partial charge >= 0.3 is 72.3 Å². The lowest BCUT2D eigenvalue weighted by atomic mass is 9.95. The van der Waals surface area contributed by atoms with Crippen LogP contribution in [0.5, 0.6) is 0 Å². The maximum absolute atomic E-state index is 13.9. The Balaban J connectivity index is 7.52. The standard InChI is InChI=1S/C12F26O2/c13-1(14,5(21,9(29,30)31)39-11(35,36)3(17,18)7(23,24)25)2(15,16)6(22,10(32,33)34)40-12(37,38)4(19,20)8(26,27)28. The molecular weight excluding hydrogens is 670 g/mol. The zero-order valence-corrected chi connectivity index (χ0v) is 16.6. The third-order valence-corrected chi connectivity index (χ3v) is 3.91. The average Bonchev–Trinajstić information content (AvgIpc) is 2.62. The third-order valence-electron chi connectivity index (χ3n) is 3.91. The SMILES string of the molecule is FC(F)(F)C(F)(F)C(F)(F)OC(F)(C(F)(F)F)C(F)(F)C(F)(F)C(F)(OC(F)(F)C(F)(F)C(F)(F)F)C(F)(F)F. The number of hydrogen-bond donors (Lipinski definition) is 0. The summed E-state index contributed by atoms with van der Waals surface area (Å²) in [5, 5.41) is 0. The molecule has 0 aliphatic carbocycles. The number of halogens is 26. The summed E-state index contributed by atoms with van der Waals surface area (Å²) in [4.78, 5) is 0. The molecule has 0 aromatic heterocycles. The van der Waals surface area contributed by atoms with Crippen LogP contribution < -0.4 is 0 Å². The summed E-state index contributed by atoms with van der Waals surface area (Å²) in [6, 6.07) is 0. The molecule has 0 bridgehead atoms. The summed E-state index contributed by atoms with van der Waals surface area (Å²) in [7, 11) is 0. The minimum atomic E-state index is -9.56. The number of hydrogen-bond acceptors (Lipinski definition) is 2. The molecule has 0 aromatic rings. The monoisotopic (exact) mass is 670 g/mol. The van der Waals surface area contributed by atoms with Crippen molar-refractivity contribution >= 4 is 0 Å². The van der Waals surface area contributed by atoms with Crippen LogP contribution in [0.2, 0.25) is 0 Å². The van der Waals surface area contributed by atoms with E-state index in [1.54, 1.807) is 0 Å².